The molecular formula is C23H20F3N3O4. The van der Waals surface area contributed by atoms with Gasteiger partial charge in [0.1, 0.15) is 17.9 Å². The number of carbonyl (C=O) groups excluding carboxylic acids is 4. The van der Waals surface area contributed by atoms with Gasteiger partial charge in [0.05, 0.1) is 0 Å². The Morgan fingerprint density at radius 3 is 2.48 bits per heavy atom. The number of alkyl halides is 2. The molecule has 10 heteroatoms. The molecule has 2 atom stereocenters. The molecule has 1 fully saturated rings. The first kappa shape index (κ1) is 22.5. The summed E-state index contributed by atoms with van der Waals surface area (Å²) in [7, 11) is 0. The van der Waals surface area contributed by atoms with E-state index in [1.807, 2.05) is 0 Å². The topological polar surface area (TPSA) is 95.6 Å². The van der Waals surface area contributed by atoms with E-state index in [-0.39, 0.29) is 30.5 Å². The molecule has 2 aliphatic heterocycles. The smallest absolute Gasteiger partial charge is 0.269 e. The molecule has 0 aromatic heterocycles. The first-order chi connectivity index (χ1) is 15.5. The monoisotopic (exact) mass is 459 g/mol. The van der Waals surface area contributed by atoms with Crippen molar-refractivity contribution in [3.8, 4) is 0 Å². The highest BCUT2D eigenvalue weighted by molar-refractivity contribution is 6.06. The standard InChI is InChI=1S/C23H20F3N3O4/c1-23(25,26)19(12-2-5-15(24)6-3-12)28-20(31)13-4-7-16-14(10-13)11-29(22(16)33)17-8-9-18(30)27-21(17)32/h2-7,10,17,19H,8-9,11H2,1H3,(H,28,31)(H,27,30,32). The van der Waals surface area contributed by atoms with Gasteiger partial charge in [-0.05, 0) is 47.9 Å². The molecule has 0 spiro atoms. The largest absolute Gasteiger partial charge is 0.339 e. The molecule has 0 bridgehead atoms. The van der Waals surface area contributed by atoms with Crippen LogP contribution in [0.1, 0.15) is 57.7 Å². The number of benzene rings is 2. The molecule has 0 radical (unpaired) electrons. The summed E-state index contributed by atoms with van der Waals surface area (Å²) in [5, 5.41) is 4.49. The number of hydrogen-bond donors (Lipinski definition) is 2. The lowest BCUT2D eigenvalue weighted by Crippen LogP contribution is -2.52. The summed E-state index contributed by atoms with van der Waals surface area (Å²) in [6.07, 6.45) is 0.308. The Kier molecular flexibility index (Phi) is 5.69. The maximum Gasteiger partial charge on any atom is 0.269 e. The van der Waals surface area contributed by atoms with Crippen molar-refractivity contribution >= 4 is 23.6 Å². The van der Waals surface area contributed by atoms with Gasteiger partial charge in [-0.25, -0.2) is 13.2 Å². The minimum Gasteiger partial charge on any atom is -0.339 e. The number of halogens is 3. The van der Waals surface area contributed by atoms with E-state index in [0.29, 0.717) is 18.1 Å². The first-order valence-corrected chi connectivity index (χ1v) is 10.3. The second-order valence-electron chi connectivity index (χ2n) is 8.19. The molecule has 2 aromatic rings. The molecule has 7 nitrogen and oxygen atoms in total. The van der Waals surface area contributed by atoms with E-state index in [0.717, 1.165) is 12.1 Å². The third-order valence-corrected chi connectivity index (χ3v) is 5.77. The van der Waals surface area contributed by atoms with Crippen LogP contribution in [0.25, 0.3) is 0 Å². The molecule has 2 aromatic carbocycles. The number of hydrogen-bond acceptors (Lipinski definition) is 4. The Hall–Kier alpha value is -3.69. The van der Waals surface area contributed by atoms with Crippen molar-refractivity contribution in [2.75, 3.05) is 0 Å². The van der Waals surface area contributed by atoms with Gasteiger partial charge in [0.2, 0.25) is 11.8 Å². The molecule has 2 heterocycles. The maximum absolute atomic E-state index is 14.2. The highest BCUT2D eigenvalue weighted by Gasteiger charge is 2.40. The zero-order valence-corrected chi connectivity index (χ0v) is 17.5. The van der Waals surface area contributed by atoms with E-state index in [4.69, 9.17) is 0 Å². The van der Waals surface area contributed by atoms with Crippen LogP contribution in [0.5, 0.6) is 0 Å². The molecule has 1 saturated heterocycles. The van der Waals surface area contributed by atoms with Crippen molar-refractivity contribution in [3.63, 3.8) is 0 Å². The number of nitrogens with one attached hydrogen (secondary N) is 2. The Morgan fingerprint density at radius 1 is 1.15 bits per heavy atom. The van der Waals surface area contributed by atoms with Crippen molar-refractivity contribution in [1.29, 1.82) is 0 Å². The predicted octanol–water partition coefficient (Wildman–Crippen LogP) is 2.71. The van der Waals surface area contributed by atoms with Crippen molar-refractivity contribution < 1.29 is 32.3 Å². The quantitative estimate of drug-likeness (QED) is 0.673. The third kappa shape index (κ3) is 4.46. The fourth-order valence-electron chi connectivity index (χ4n) is 4.09. The Morgan fingerprint density at radius 2 is 1.85 bits per heavy atom. The van der Waals surface area contributed by atoms with E-state index < -0.39 is 47.5 Å². The number of amides is 4. The number of carbonyl (C=O) groups is 4. The van der Waals surface area contributed by atoms with Crippen molar-refractivity contribution in [1.82, 2.24) is 15.5 Å². The van der Waals surface area contributed by atoms with Gasteiger partial charge in [-0.3, -0.25) is 24.5 Å². The lowest BCUT2D eigenvalue weighted by atomic mass is 10.00. The molecule has 172 valence electrons. The van der Waals surface area contributed by atoms with Gasteiger partial charge >= 0.3 is 0 Å². The van der Waals surface area contributed by atoms with Crippen molar-refractivity contribution in [2.24, 2.45) is 0 Å². The lowest BCUT2D eigenvalue weighted by Gasteiger charge is -2.29. The summed E-state index contributed by atoms with van der Waals surface area (Å²) >= 11 is 0. The molecule has 33 heavy (non-hydrogen) atoms. The van der Waals surface area contributed by atoms with Crippen molar-refractivity contribution in [3.05, 3.63) is 70.5 Å². The Bertz CT molecular complexity index is 1140. The van der Waals surface area contributed by atoms with Crippen LogP contribution in [-0.4, -0.2) is 40.5 Å². The van der Waals surface area contributed by atoms with Gasteiger partial charge in [0, 0.05) is 31.0 Å². The Balaban J connectivity index is 1.54. The molecule has 2 N–H and O–H groups in total. The van der Waals surface area contributed by atoms with Crippen LogP contribution >= 0.6 is 0 Å². The highest BCUT2D eigenvalue weighted by atomic mass is 19.3. The molecule has 4 rings (SSSR count). The second kappa shape index (κ2) is 8.34. The summed E-state index contributed by atoms with van der Waals surface area (Å²) in [4.78, 5) is 50.4. The zero-order chi connectivity index (χ0) is 23.9. The number of piperidine rings is 1. The average Bonchev–Trinajstić information content (AvgIpc) is 3.07. The zero-order valence-electron chi connectivity index (χ0n) is 17.5. The summed E-state index contributed by atoms with van der Waals surface area (Å²) < 4.78 is 41.6. The van der Waals surface area contributed by atoms with Gasteiger partial charge in [0.15, 0.2) is 0 Å². The number of rotatable bonds is 5. The normalized spacial score (nSPS) is 19.2. The van der Waals surface area contributed by atoms with Gasteiger partial charge in [-0.2, -0.15) is 0 Å². The number of imide groups is 1. The van der Waals surface area contributed by atoms with Crippen LogP contribution in [-0.2, 0) is 16.1 Å². The average molecular weight is 459 g/mol. The van der Waals surface area contributed by atoms with Gasteiger partial charge in [-0.1, -0.05) is 12.1 Å². The molecule has 2 unspecified atom stereocenters. The van der Waals surface area contributed by atoms with E-state index in [1.165, 1.54) is 35.2 Å². The molecule has 0 saturated carbocycles. The maximum atomic E-state index is 14.2. The summed E-state index contributed by atoms with van der Waals surface area (Å²) in [6.45, 7) is 0.702. The number of fused-ring (bicyclic) bond motifs is 1. The van der Waals surface area contributed by atoms with Crippen LogP contribution in [0.15, 0.2) is 42.5 Å². The van der Waals surface area contributed by atoms with Crippen molar-refractivity contribution in [2.45, 2.75) is 44.3 Å². The molecule has 0 aliphatic carbocycles. The van der Waals surface area contributed by atoms with E-state index in [9.17, 15) is 32.3 Å². The summed E-state index contributed by atoms with van der Waals surface area (Å²) in [5.41, 5.74) is 0.867. The molecule has 2 aliphatic rings. The minimum absolute atomic E-state index is 0.0395. The van der Waals surface area contributed by atoms with Gasteiger partial charge in [-0.15, -0.1) is 0 Å². The van der Waals surface area contributed by atoms with Gasteiger partial charge < -0.3 is 10.2 Å². The predicted molar refractivity (Wildman–Crippen MR) is 110 cm³/mol. The van der Waals surface area contributed by atoms with Crippen LogP contribution in [0, 0.1) is 5.82 Å². The lowest BCUT2D eigenvalue weighted by molar-refractivity contribution is -0.136. The van der Waals surface area contributed by atoms with Crippen LogP contribution in [0.4, 0.5) is 13.2 Å². The highest BCUT2D eigenvalue weighted by Crippen LogP contribution is 2.32. The van der Waals surface area contributed by atoms with Crippen LogP contribution in [0.3, 0.4) is 0 Å². The SMILES string of the molecule is CC(F)(F)C(NC(=O)c1ccc2c(c1)CN(C1CCC(=O)NC1=O)C2=O)c1ccc(F)cc1. The van der Waals surface area contributed by atoms with E-state index in [2.05, 4.69) is 10.6 Å². The second-order valence-corrected chi connectivity index (χ2v) is 8.19. The van der Waals surface area contributed by atoms with Crippen LogP contribution < -0.4 is 10.6 Å². The van der Waals surface area contributed by atoms with E-state index >= 15 is 0 Å². The minimum atomic E-state index is -3.33. The molecule has 4 amide bonds. The Labute approximate surface area is 186 Å². The number of nitrogens with zero attached hydrogens (tertiary/aromatic N) is 1. The summed E-state index contributed by atoms with van der Waals surface area (Å²) in [6, 6.07) is 6.10. The van der Waals surface area contributed by atoms with E-state index in [1.54, 1.807) is 0 Å². The third-order valence-electron chi connectivity index (χ3n) is 5.77. The van der Waals surface area contributed by atoms with Gasteiger partial charge in [0.25, 0.3) is 17.7 Å². The fraction of sp³-hybridized carbons (Fsp3) is 0.304. The first-order valence-electron chi connectivity index (χ1n) is 10.3. The molecular weight excluding hydrogens is 439 g/mol. The fourth-order valence-corrected chi connectivity index (χ4v) is 4.09. The van der Waals surface area contributed by atoms with Crippen LogP contribution in [0.2, 0.25) is 0 Å². The summed E-state index contributed by atoms with van der Waals surface area (Å²) in [5.74, 6) is -6.08.